The Balaban J connectivity index is 2.54. The number of hydrogen-bond acceptors (Lipinski definition) is 4. The molecule has 0 bridgehead atoms. The van der Waals surface area contributed by atoms with Crippen LogP contribution in [0.4, 0.5) is 4.79 Å². The summed E-state index contributed by atoms with van der Waals surface area (Å²) in [5.74, 6) is -2.25. The van der Waals surface area contributed by atoms with Crippen LogP contribution >= 0.6 is 0 Å². The number of carboxylic acid groups (broad SMARTS) is 2. The fourth-order valence-corrected chi connectivity index (χ4v) is 2.27. The lowest BCUT2D eigenvalue weighted by Gasteiger charge is -2.37. The van der Waals surface area contributed by atoms with Crippen molar-refractivity contribution in [2.24, 2.45) is 5.41 Å². The smallest absolute Gasteiger partial charge is 0.409 e. The van der Waals surface area contributed by atoms with Crippen LogP contribution in [0.2, 0.25) is 0 Å². The first-order chi connectivity index (χ1) is 9.41. The molecule has 0 aromatic rings. The minimum atomic E-state index is -1.27. The van der Waals surface area contributed by atoms with E-state index >= 15 is 0 Å². The van der Waals surface area contributed by atoms with Gasteiger partial charge in [-0.05, 0) is 19.3 Å². The first-order valence-corrected chi connectivity index (χ1v) is 6.78. The Bertz CT molecular complexity index is 373. The maximum Gasteiger partial charge on any atom is 0.409 e. The lowest BCUT2D eigenvalue weighted by Crippen LogP contribution is -2.47. The van der Waals surface area contributed by atoms with Crippen molar-refractivity contribution in [1.29, 1.82) is 0 Å². The van der Waals surface area contributed by atoms with Crippen LogP contribution in [0, 0.1) is 5.41 Å². The third-order valence-electron chi connectivity index (χ3n) is 3.65. The predicted molar refractivity (Wildman–Crippen MR) is 69.4 cm³/mol. The number of carbonyl (C=O) groups is 3. The molecular formula is C13H21NO6. The molecule has 1 saturated heterocycles. The molecule has 1 heterocycles. The average molecular weight is 287 g/mol. The Morgan fingerprint density at radius 3 is 2.25 bits per heavy atom. The second-order valence-corrected chi connectivity index (χ2v) is 5.11. The standard InChI is InChI=1S/C13H21NO6/c1-2-3-8-20-12(19)14-6-4-13(5-7-14,11(17)18)9-10(15)16/h2-9H2,1H3,(H,15,16)(H,17,18). The first-order valence-electron chi connectivity index (χ1n) is 6.78. The Morgan fingerprint density at radius 1 is 1.20 bits per heavy atom. The van der Waals surface area contributed by atoms with Gasteiger partial charge in [0.05, 0.1) is 18.4 Å². The predicted octanol–water partition coefficient (Wildman–Crippen LogP) is 1.56. The van der Waals surface area contributed by atoms with E-state index in [-0.39, 0.29) is 25.9 Å². The van der Waals surface area contributed by atoms with Crippen LogP contribution in [0.5, 0.6) is 0 Å². The number of unbranched alkanes of at least 4 members (excludes halogenated alkanes) is 1. The van der Waals surface area contributed by atoms with Crippen LogP contribution in [0.1, 0.15) is 39.0 Å². The van der Waals surface area contributed by atoms with Crippen LogP contribution in [-0.2, 0) is 14.3 Å². The highest BCUT2D eigenvalue weighted by Crippen LogP contribution is 2.35. The minimum Gasteiger partial charge on any atom is -0.481 e. The van der Waals surface area contributed by atoms with Crippen molar-refractivity contribution in [3.63, 3.8) is 0 Å². The summed E-state index contributed by atoms with van der Waals surface area (Å²) in [6, 6.07) is 0. The van der Waals surface area contributed by atoms with Gasteiger partial charge in [-0.3, -0.25) is 9.59 Å². The quantitative estimate of drug-likeness (QED) is 0.718. The highest BCUT2D eigenvalue weighted by Gasteiger charge is 2.44. The number of piperidine rings is 1. The summed E-state index contributed by atoms with van der Waals surface area (Å²) in [4.78, 5) is 35.3. The lowest BCUT2D eigenvalue weighted by molar-refractivity contribution is -0.158. The molecule has 1 fully saturated rings. The van der Waals surface area contributed by atoms with Crippen LogP contribution in [-0.4, -0.2) is 52.8 Å². The van der Waals surface area contributed by atoms with E-state index < -0.39 is 29.9 Å². The molecule has 7 heteroatoms. The second kappa shape index (κ2) is 7.12. The molecule has 0 spiro atoms. The van der Waals surface area contributed by atoms with Gasteiger partial charge in [0.1, 0.15) is 0 Å². The van der Waals surface area contributed by atoms with Crippen molar-refractivity contribution >= 4 is 18.0 Å². The molecule has 0 radical (unpaired) electrons. The highest BCUT2D eigenvalue weighted by molar-refractivity contribution is 5.82. The van der Waals surface area contributed by atoms with Gasteiger partial charge in [-0.2, -0.15) is 0 Å². The first kappa shape index (κ1) is 16.3. The molecule has 0 unspecified atom stereocenters. The molecule has 20 heavy (non-hydrogen) atoms. The number of nitrogens with zero attached hydrogens (tertiary/aromatic N) is 1. The second-order valence-electron chi connectivity index (χ2n) is 5.11. The zero-order valence-corrected chi connectivity index (χ0v) is 11.6. The van der Waals surface area contributed by atoms with Crippen molar-refractivity contribution in [3.05, 3.63) is 0 Å². The zero-order chi connectivity index (χ0) is 15.2. The number of ether oxygens (including phenoxy) is 1. The van der Waals surface area contributed by atoms with Gasteiger partial charge < -0.3 is 19.8 Å². The SMILES string of the molecule is CCCCOC(=O)N1CCC(CC(=O)O)(C(=O)O)CC1. The van der Waals surface area contributed by atoms with Crippen molar-refractivity contribution < 1.29 is 29.3 Å². The molecule has 0 aromatic carbocycles. The Labute approximate surface area is 117 Å². The maximum absolute atomic E-state index is 11.7. The molecule has 0 atom stereocenters. The van der Waals surface area contributed by atoms with E-state index in [9.17, 15) is 19.5 Å². The number of hydrogen-bond donors (Lipinski definition) is 2. The fraction of sp³-hybridized carbons (Fsp3) is 0.769. The van der Waals surface area contributed by atoms with Gasteiger partial charge in [-0.15, -0.1) is 0 Å². The van der Waals surface area contributed by atoms with Crippen molar-refractivity contribution in [3.8, 4) is 0 Å². The summed E-state index contributed by atoms with van der Waals surface area (Å²) in [5, 5.41) is 18.1. The largest absolute Gasteiger partial charge is 0.481 e. The Morgan fingerprint density at radius 2 is 1.80 bits per heavy atom. The fourth-order valence-electron chi connectivity index (χ4n) is 2.27. The summed E-state index contributed by atoms with van der Waals surface area (Å²) < 4.78 is 5.05. The summed E-state index contributed by atoms with van der Waals surface area (Å²) in [6.07, 6.45) is 1.12. The summed E-state index contributed by atoms with van der Waals surface area (Å²) in [6.45, 7) is 2.77. The van der Waals surface area contributed by atoms with E-state index in [1.165, 1.54) is 4.90 Å². The van der Waals surface area contributed by atoms with E-state index in [2.05, 4.69) is 0 Å². The normalized spacial score (nSPS) is 17.6. The van der Waals surface area contributed by atoms with Crippen molar-refractivity contribution in [1.82, 2.24) is 4.90 Å². The monoisotopic (exact) mass is 287 g/mol. The number of likely N-dealkylation sites (tertiary alicyclic amines) is 1. The molecular weight excluding hydrogens is 266 g/mol. The van der Waals surface area contributed by atoms with Gasteiger partial charge >= 0.3 is 18.0 Å². The Hall–Kier alpha value is -1.79. The molecule has 2 N–H and O–H groups in total. The number of aliphatic carboxylic acids is 2. The molecule has 1 aliphatic rings. The zero-order valence-electron chi connectivity index (χ0n) is 11.6. The van der Waals surface area contributed by atoms with Gasteiger partial charge in [0.2, 0.25) is 0 Å². The van der Waals surface area contributed by atoms with E-state index in [0.29, 0.717) is 6.61 Å². The van der Waals surface area contributed by atoms with Crippen LogP contribution in [0.15, 0.2) is 0 Å². The molecule has 1 amide bonds. The van der Waals surface area contributed by atoms with E-state index in [4.69, 9.17) is 9.84 Å². The van der Waals surface area contributed by atoms with Gasteiger partial charge in [-0.25, -0.2) is 4.79 Å². The van der Waals surface area contributed by atoms with Crippen molar-refractivity contribution in [2.45, 2.75) is 39.0 Å². The average Bonchev–Trinajstić information content (AvgIpc) is 2.38. The van der Waals surface area contributed by atoms with Crippen molar-refractivity contribution in [2.75, 3.05) is 19.7 Å². The third kappa shape index (κ3) is 4.11. The van der Waals surface area contributed by atoms with Gasteiger partial charge in [-0.1, -0.05) is 13.3 Å². The van der Waals surface area contributed by atoms with Crippen LogP contribution < -0.4 is 0 Å². The third-order valence-corrected chi connectivity index (χ3v) is 3.65. The number of rotatable bonds is 6. The van der Waals surface area contributed by atoms with Crippen LogP contribution in [0.3, 0.4) is 0 Å². The molecule has 1 aliphatic heterocycles. The molecule has 1 rings (SSSR count). The van der Waals surface area contributed by atoms with E-state index in [0.717, 1.165) is 12.8 Å². The maximum atomic E-state index is 11.7. The lowest BCUT2D eigenvalue weighted by atomic mass is 9.76. The summed E-state index contributed by atoms with van der Waals surface area (Å²) in [7, 11) is 0. The van der Waals surface area contributed by atoms with Gasteiger partial charge in [0.15, 0.2) is 0 Å². The molecule has 0 aromatic heterocycles. The van der Waals surface area contributed by atoms with Gasteiger partial charge in [0.25, 0.3) is 0 Å². The van der Waals surface area contributed by atoms with E-state index in [1.807, 2.05) is 6.92 Å². The van der Waals surface area contributed by atoms with E-state index in [1.54, 1.807) is 0 Å². The topological polar surface area (TPSA) is 104 Å². The van der Waals surface area contributed by atoms with Gasteiger partial charge in [0, 0.05) is 13.1 Å². The molecule has 0 aliphatic carbocycles. The Kier molecular flexibility index (Phi) is 5.79. The molecule has 114 valence electrons. The number of amides is 1. The highest BCUT2D eigenvalue weighted by atomic mass is 16.6. The minimum absolute atomic E-state index is 0.136. The molecule has 0 saturated carbocycles. The number of carbonyl (C=O) groups excluding carboxylic acids is 1. The van der Waals surface area contributed by atoms with Crippen LogP contribution in [0.25, 0.3) is 0 Å². The summed E-state index contributed by atoms with van der Waals surface area (Å²) in [5.41, 5.74) is -1.27. The molecule has 7 nitrogen and oxygen atoms in total. The summed E-state index contributed by atoms with van der Waals surface area (Å²) >= 11 is 0. The number of carboxylic acids is 2.